The Hall–Kier alpha value is 0.310. The summed E-state index contributed by atoms with van der Waals surface area (Å²) in [6, 6.07) is 0. The third-order valence-electron chi connectivity index (χ3n) is 4.92. The molecule has 2 saturated carbocycles. The third-order valence-corrected chi connectivity index (χ3v) is 9.53. The van der Waals surface area contributed by atoms with Crippen LogP contribution in [0.5, 0.6) is 0 Å². The Morgan fingerprint density at radius 1 is 1.35 bits per heavy atom. The molecule has 0 heterocycles. The molecule has 6 heteroatoms. The van der Waals surface area contributed by atoms with Crippen LogP contribution in [0.15, 0.2) is 0 Å². The van der Waals surface area contributed by atoms with Gasteiger partial charge in [0.15, 0.2) is 0 Å². The standard InChI is InChI=1S/C14H24IO4S/c1-12(2,3)15-19-20(17,18)9-14-7-6-10(8-11(14)16)13(14,4)5/h10H,6-9H2,1-5H3/q-1. The van der Waals surface area contributed by atoms with Gasteiger partial charge in [-0.15, -0.1) is 0 Å². The molecule has 2 aliphatic rings. The van der Waals surface area contributed by atoms with Crippen LogP contribution in [0.1, 0.15) is 53.9 Å². The van der Waals surface area contributed by atoms with Gasteiger partial charge in [0.05, 0.1) is 0 Å². The number of carbonyl (C=O) groups excluding carboxylic acids is 1. The van der Waals surface area contributed by atoms with Gasteiger partial charge in [-0.2, -0.15) is 0 Å². The van der Waals surface area contributed by atoms with Gasteiger partial charge in [-0.3, -0.25) is 0 Å². The van der Waals surface area contributed by atoms with Gasteiger partial charge < -0.3 is 0 Å². The average Bonchev–Trinajstić information content (AvgIpc) is 2.59. The summed E-state index contributed by atoms with van der Waals surface area (Å²) in [5.74, 6) is 0.334. The first-order valence-electron chi connectivity index (χ1n) is 7.00. The topological polar surface area (TPSA) is 60.4 Å². The second-order valence-electron chi connectivity index (χ2n) is 7.58. The molecular weight excluding hydrogens is 391 g/mol. The van der Waals surface area contributed by atoms with E-state index in [1.807, 2.05) is 34.6 Å². The van der Waals surface area contributed by atoms with Gasteiger partial charge in [0.25, 0.3) is 0 Å². The monoisotopic (exact) mass is 415 g/mol. The van der Waals surface area contributed by atoms with Crippen molar-refractivity contribution in [3.63, 3.8) is 0 Å². The first-order chi connectivity index (χ1) is 8.90. The van der Waals surface area contributed by atoms with Gasteiger partial charge in [0.2, 0.25) is 0 Å². The van der Waals surface area contributed by atoms with E-state index < -0.39 is 37.2 Å². The second kappa shape index (κ2) is 4.91. The molecule has 2 aliphatic carbocycles. The first-order valence-corrected chi connectivity index (χ1v) is 10.5. The number of fused-ring (bicyclic) bond motifs is 2. The van der Waals surface area contributed by atoms with Crippen molar-refractivity contribution in [2.45, 2.75) is 57.3 Å². The van der Waals surface area contributed by atoms with Crippen LogP contribution in [-0.4, -0.2) is 23.4 Å². The molecule has 20 heavy (non-hydrogen) atoms. The van der Waals surface area contributed by atoms with E-state index in [9.17, 15) is 13.2 Å². The van der Waals surface area contributed by atoms with E-state index in [-0.39, 0.29) is 20.4 Å². The molecule has 2 unspecified atom stereocenters. The van der Waals surface area contributed by atoms with Crippen molar-refractivity contribution in [3.05, 3.63) is 0 Å². The molecule has 2 bridgehead atoms. The maximum absolute atomic E-state index is 12.3. The van der Waals surface area contributed by atoms with Crippen LogP contribution in [0.4, 0.5) is 0 Å². The van der Waals surface area contributed by atoms with Crippen LogP contribution in [-0.2, 0) is 17.4 Å². The summed E-state index contributed by atoms with van der Waals surface area (Å²) in [5.41, 5.74) is -0.932. The Morgan fingerprint density at radius 2 is 1.95 bits per heavy atom. The van der Waals surface area contributed by atoms with E-state index in [4.69, 9.17) is 2.51 Å². The number of alkyl halides is 1. The molecule has 0 radical (unpaired) electrons. The van der Waals surface area contributed by atoms with E-state index in [0.29, 0.717) is 18.8 Å². The summed E-state index contributed by atoms with van der Waals surface area (Å²) < 4.78 is 29.8. The molecule has 118 valence electrons. The summed E-state index contributed by atoms with van der Waals surface area (Å²) in [6.07, 6.45) is 2.19. The minimum absolute atomic E-state index is 0.100. The zero-order chi connectivity index (χ0) is 15.4. The van der Waals surface area contributed by atoms with Crippen molar-refractivity contribution in [3.8, 4) is 0 Å². The molecular formula is C14H24IO4S-. The molecule has 2 rings (SSSR count). The number of halogens is 1. The van der Waals surface area contributed by atoms with Crippen molar-refractivity contribution in [2.24, 2.45) is 16.7 Å². The molecule has 0 N–H and O–H groups in total. The fourth-order valence-electron chi connectivity index (χ4n) is 3.57. The van der Waals surface area contributed by atoms with Gasteiger partial charge in [-0.1, -0.05) is 0 Å². The summed E-state index contributed by atoms with van der Waals surface area (Å²) in [6.45, 7) is 10.0. The molecule has 2 atom stereocenters. The Kier molecular flexibility index (Phi) is 4.09. The molecule has 0 aromatic carbocycles. The summed E-state index contributed by atoms with van der Waals surface area (Å²) in [5, 5.41) is 0. The van der Waals surface area contributed by atoms with Crippen LogP contribution in [0.2, 0.25) is 0 Å². The molecule has 0 aromatic heterocycles. The van der Waals surface area contributed by atoms with Crippen LogP contribution in [0.25, 0.3) is 0 Å². The van der Waals surface area contributed by atoms with E-state index >= 15 is 0 Å². The van der Waals surface area contributed by atoms with E-state index in [0.717, 1.165) is 6.42 Å². The molecule has 2 fully saturated rings. The number of carbonyl (C=O) groups is 1. The number of hydrogen-bond donors (Lipinski definition) is 0. The molecule has 4 nitrogen and oxygen atoms in total. The fourth-order valence-corrected chi connectivity index (χ4v) is 8.01. The zero-order valence-corrected chi connectivity index (χ0v) is 15.8. The third kappa shape index (κ3) is 2.79. The molecule has 0 spiro atoms. The Morgan fingerprint density at radius 3 is 2.35 bits per heavy atom. The summed E-state index contributed by atoms with van der Waals surface area (Å²) in [7, 11) is -3.62. The molecule has 0 aliphatic heterocycles. The normalized spacial score (nSPS) is 33.0. The van der Waals surface area contributed by atoms with Crippen LogP contribution < -0.4 is 21.6 Å². The molecule has 0 aromatic rings. The molecule has 0 amide bonds. The van der Waals surface area contributed by atoms with Gasteiger partial charge in [-0.25, -0.2) is 0 Å². The van der Waals surface area contributed by atoms with E-state index in [2.05, 4.69) is 0 Å². The predicted octanol–water partition coefficient (Wildman–Crippen LogP) is -0.469. The fraction of sp³-hybridized carbons (Fsp3) is 0.929. The number of hydrogen-bond acceptors (Lipinski definition) is 4. The first kappa shape index (κ1) is 16.7. The predicted molar refractivity (Wildman–Crippen MR) is 73.2 cm³/mol. The zero-order valence-electron chi connectivity index (χ0n) is 12.8. The number of rotatable bonds is 4. The van der Waals surface area contributed by atoms with Gasteiger partial charge in [0, 0.05) is 0 Å². The maximum atomic E-state index is 12.3. The van der Waals surface area contributed by atoms with Crippen molar-refractivity contribution in [2.75, 3.05) is 5.75 Å². The Balaban J connectivity index is 2.18. The minimum atomic E-state index is -3.62. The van der Waals surface area contributed by atoms with Gasteiger partial charge >= 0.3 is 133 Å². The van der Waals surface area contributed by atoms with Crippen LogP contribution in [0.3, 0.4) is 0 Å². The van der Waals surface area contributed by atoms with E-state index in [1.54, 1.807) is 0 Å². The average molecular weight is 415 g/mol. The molecule has 0 saturated heterocycles. The summed E-state index contributed by atoms with van der Waals surface area (Å²) in [4.78, 5) is 12.3. The Bertz CT molecular complexity index is 518. The van der Waals surface area contributed by atoms with Gasteiger partial charge in [-0.05, 0) is 0 Å². The van der Waals surface area contributed by atoms with Crippen molar-refractivity contribution in [1.29, 1.82) is 0 Å². The SMILES string of the molecule is CC(C)(C)[I-]OS(=O)(=O)CC12CCC(CC1=O)C2(C)C. The quantitative estimate of drug-likeness (QED) is 0.460. The Labute approximate surface area is 133 Å². The van der Waals surface area contributed by atoms with Crippen molar-refractivity contribution >= 4 is 15.9 Å². The van der Waals surface area contributed by atoms with Gasteiger partial charge in [0.1, 0.15) is 0 Å². The van der Waals surface area contributed by atoms with Crippen molar-refractivity contribution in [1.82, 2.24) is 0 Å². The van der Waals surface area contributed by atoms with Crippen LogP contribution in [0, 0.1) is 16.7 Å². The van der Waals surface area contributed by atoms with Crippen molar-refractivity contribution < 1.29 is 37.3 Å². The summed E-state index contributed by atoms with van der Waals surface area (Å²) >= 11 is -0.890. The number of Topliss-reactive ketones (excluding diaryl/α,β-unsaturated/α-hetero) is 1. The van der Waals surface area contributed by atoms with E-state index in [1.165, 1.54) is 0 Å². The second-order valence-corrected chi connectivity index (χ2v) is 13.9. The number of ketones is 1. The van der Waals surface area contributed by atoms with Crippen LogP contribution >= 0.6 is 0 Å².